The van der Waals surface area contributed by atoms with Gasteiger partial charge in [-0.05, 0) is 24.6 Å². The van der Waals surface area contributed by atoms with Crippen LogP contribution in [0.1, 0.15) is 16.9 Å². The van der Waals surface area contributed by atoms with Gasteiger partial charge in [0.1, 0.15) is 11.4 Å². The van der Waals surface area contributed by atoms with Crippen molar-refractivity contribution in [1.29, 1.82) is 0 Å². The van der Waals surface area contributed by atoms with E-state index in [0.29, 0.717) is 23.4 Å². The molecule has 2 N–H and O–H groups in total. The fourth-order valence-electron chi connectivity index (χ4n) is 2.68. The summed E-state index contributed by atoms with van der Waals surface area (Å²) in [6, 6.07) is 7.96. The fraction of sp³-hybridized carbons (Fsp3) is 0.312. The summed E-state index contributed by atoms with van der Waals surface area (Å²) in [6.45, 7) is 0. The Morgan fingerprint density at radius 2 is 2.16 bits per heavy atom. The first-order valence-corrected chi connectivity index (χ1v) is 9.45. The third-order valence-corrected chi connectivity index (χ3v) is 5.69. The summed E-state index contributed by atoms with van der Waals surface area (Å²) in [5, 5.41) is 2.64. The molecule has 8 nitrogen and oxygen atoms in total. The lowest BCUT2D eigenvalue weighted by atomic mass is 10.1. The third-order valence-electron chi connectivity index (χ3n) is 3.92. The summed E-state index contributed by atoms with van der Waals surface area (Å²) in [4.78, 5) is 30.4. The summed E-state index contributed by atoms with van der Waals surface area (Å²) in [7, 11) is -1.58. The molecule has 3 rings (SSSR count). The van der Waals surface area contributed by atoms with E-state index in [1.807, 2.05) is 0 Å². The zero-order chi connectivity index (χ0) is 18.0. The minimum atomic E-state index is -3.10. The summed E-state index contributed by atoms with van der Waals surface area (Å²) in [6.07, 6.45) is 0.367. The van der Waals surface area contributed by atoms with Gasteiger partial charge in [0.25, 0.3) is 5.91 Å². The molecule has 1 aliphatic rings. The highest BCUT2D eigenvalue weighted by atomic mass is 32.2. The van der Waals surface area contributed by atoms with Crippen LogP contribution in [0, 0.1) is 0 Å². The standard InChI is InChI=1S/C16H17N3O5S/c1-24-12-4-2-3-10(7-12)13-8-14(19-16(21)18-13)15(20)17-11-5-6-25(22,23)9-11/h2-4,7-8,11H,5-6,9H2,1H3,(H,17,20)(H,18,19,21). The molecule has 9 heteroatoms. The molecule has 1 atom stereocenters. The van der Waals surface area contributed by atoms with Gasteiger partial charge in [0.05, 0.1) is 24.3 Å². The monoisotopic (exact) mass is 363 g/mol. The van der Waals surface area contributed by atoms with Gasteiger partial charge < -0.3 is 15.0 Å². The molecule has 1 aliphatic heterocycles. The molecule has 2 aromatic rings. The molecular weight excluding hydrogens is 346 g/mol. The number of sulfone groups is 1. The Morgan fingerprint density at radius 3 is 2.84 bits per heavy atom. The highest BCUT2D eigenvalue weighted by Gasteiger charge is 2.29. The molecule has 132 valence electrons. The van der Waals surface area contributed by atoms with E-state index in [4.69, 9.17) is 4.74 Å². The lowest BCUT2D eigenvalue weighted by molar-refractivity contribution is 0.0935. The maximum atomic E-state index is 12.3. The molecule has 1 unspecified atom stereocenters. The summed E-state index contributed by atoms with van der Waals surface area (Å²) >= 11 is 0. The molecule has 0 bridgehead atoms. The van der Waals surface area contributed by atoms with Crippen molar-refractivity contribution in [1.82, 2.24) is 15.3 Å². The molecule has 0 aliphatic carbocycles. The molecule has 0 spiro atoms. The van der Waals surface area contributed by atoms with E-state index in [0.717, 1.165) is 0 Å². The largest absolute Gasteiger partial charge is 0.497 e. The van der Waals surface area contributed by atoms with Crippen molar-refractivity contribution in [3.8, 4) is 17.0 Å². The lowest BCUT2D eigenvalue weighted by Crippen LogP contribution is -2.37. The number of benzene rings is 1. The van der Waals surface area contributed by atoms with Crippen LogP contribution in [-0.4, -0.2) is 49.0 Å². The lowest BCUT2D eigenvalue weighted by Gasteiger charge is -2.11. The number of rotatable bonds is 4. The quantitative estimate of drug-likeness (QED) is 0.810. The molecule has 1 aromatic heterocycles. The van der Waals surface area contributed by atoms with Gasteiger partial charge in [0.15, 0.2) is 9.84 Å². The highest BCUT2D eigenvalue weighted by molar-refractivity contribution is 7.91. The number of amides is 1. The van der Waals surface area contributed by atoms with Crippen LogP contribution in [0.25, 0.3) is 11.3 Å². The number of methoxy groups -OCH3 is 1. The first-order chi connectivity index (χ1) is 11.9. The fourth-order valence-corrected chi connectivity index (χ4v) is 4.36. The number of H-pyrrole nitrogens is 1. The molecule has 1 aromatic carbocycles. The number of ether oxygens (including phenoxy) is 1. The van der Waals surface area contributed by atoms with Crippen molar-refractivity contribution in [2.75, 3.05) is 18.6 Å². The second kappa shape index (κ2) is 6.67. The molecule has 0 saturated carbocycles. The van der Waals surface area contributed by atoms with Crippen molar-refractivity contribution in [2.45, 2.75) is 12.5 Å². The topological polar surface area (TPSA) is 118 Å². The molecule has 2 heterocycles. The number of hydrogen-bond acceptors (Lipinski definition) is 6. The number of aromatic amines is 1. The van der Waals surface area contributed by atoms with Crippen molar-refractivity contribution in [3.63, 3.8) is 0 Å². The van der Waals surface area contributed by atoms with Gasteiger partial charge in [-0.15, -0.1) is 0 Å². The van der Waals surface area contributed by atoms with Gasteiger partial charge in [-0.2, -0.15) is 4.98 Å². The maximum absolute atomic E-state index is 12.3. The van der Waals surface area contributed by atoms with Crippen LogP contribution in [0.15, 0.2) is 35.1 Å². The third kappa shape index (κ3) is 4.05. The molecule has 1 saturated heterocycles. The van der Waals surface area contributed by atoms with Crippen LogP contribution < -0.4 is 15.7 Å². The molecule has 25 heavy (non-hydrogen) atoms. The Morgan fingerprint density at radius 1 is 1.36 bits per heavy atom. The Kier molecular flexibility index (Phi) is 4.58. The summed E-state index contributed by atoms with van der Waals surface area (Å²) in [5.41, 5.74) is 0.321. The van der Waals surface area contributed by atoms with Crippen molar-refractivity contribution in [2.24, 2.45) is 0 Å². The van der Waals surface area contributed by atoms with Gasteiger partial charge >= 0.3 is 5.69 Å². The van der Waals surface area contributed by atoms with Gasteiger partial charge in [0.2, 0.25) is 0 Å². The number of aromatic nitrogens is 2. The number of hydrogen-bond donors (Lipinski definition) is 2. The van der Waals surface area contributed by atoms with Crippen LogP contribution in [-0.2, 0) is 9.84 Å². The Balaban J connectivity index is 1.86. The first kappa shape index (κ1) is 17.2. The van der Waals surface area contributed by atoms with Crippen LogP contribution in [0.4, 0.5) is 0 Å². The number of nitrogens with zero attached hydrogens (tertiary/aromatic N) is 1. The number of carbonyl (C=O) groups is 1. The predicted molar refractivity (Wildman–Crippen MR) is 91.4 cm³/mol. The Hall–Kier alpha value is -2.68. The Bertz CT molecular complexity index is 968. The van der Waals surface area contributed by atoms with Gasteiger partial charge in [-0.3, -0.25) is 4.79 Å². The number of carbonyl (C=O) groups excluding carboxylic acids is 1. The zero-order valence-electron chi connectivity index (χ0n) is 13.5. The first-order valence-electron chi connectivity index (χ1n) is 7.63. The van der Waals surface area contributed by atoms with Crippen LogP contribution in [0.5, 0.6) is 5.75 Å². The minimum absolute atomic E-state index is 0.0297. The number of nitrogens with one attached hydrogen (secondary N) is 2. The minimum Gasteiger partial charge on any atom is -0.497 e. The molecule has 0 radical (unpaired) electrons. The second-order valence-electron chi connectivity index (χ2n) is 5.79. The SMILES string of the molecule is COc1cccc(-c2cc(C(=O)NC3CCS(=O)(=O)C3)[nH]c(=O)n2)c1. The van der Waals surface area contributed by atoms with E-state index >= 15 is 0 Å². The van der Waals surface area contributed by atoms with Crippen molar-refractivity contribution < 1.29 is 17.9 Å². The van der Waals surface area contributed by atoms with Crippen LogP contribution >= 0.6 is 0 Å². The maximum Gasteiger partial charge on any atom is 0.346 e. The molecular formula is C16H17N3O5S. The van der Waals surface area contributed by atoms with Gasteiger partial charge in [0, 0.05) is 11.6 Å². The smallest absolute Gasteiger partial charge is 0.346 e. The van der Waals surface area contributed by atoms with Crippen molar-refractivity contribution >= 4 is 15.7 Å². The zero-order valence-corrected chi connectivity index (χ0v) is 14.3. The average molecular weight is 363 g/mol. The van der Waals surface area contributed by atoms with E-state index in [9.17, 15) is 18.0 Å². The van der Waals surface area contributed by atoms with Crippen LogP contribution in [0.3, 0.4) is 0 Å². The van der Waals surface area contributed by atoms with E-state index in [1.165, 1.54) is 13.2 Å². The van der Waals surface area contributed by atoms with Crippen LogP contribution in [0.2, 0.25) is 0 Å². The van der Waals surface area contributed by atoms with E-state index in [1.54, 1.807) is 24.3 Å². The second-order valence-corrected chi connectivity index (χ2v) is 8.02. The predicted octanol–water partition coefficient (Wildman–Crippen LogP) is 0.362. The van der Waals surface area contributed by atoms with E-state index < -0.39 is 27.5 Å². The van der Waals surface area contributed by atoms with E-state index in [2.05, 4.69) is 15.3 Å². The normalized spacial score (nSPS) is 18.7. The van der Waals surface area contributed by atoms with E-state index in [-0.39, 0.29) is 17.2 Å². The average Bonchev–Trinajstić information content (AvgIpc) is 2.93. The summed E-state index contributed by atoms with van der Waals surface area (Å²) < 4.78 is 28.1. The summed E-state index contributed by atoms with van der Waals surface area (Å²) in [5.74, 6) is 0.0314. The van der Waals surface area contributed by atoms with Gasteiger partial charge in [-0.25, -0.2) is 13.2 Å². The molecule has 1 fully saturated rings. The molecule has 1 amide bonds. The highest BCUT2D eigenvalue weighted by Crippen LogP contribution is 2.21. The Labute approximate surface area is 144 Å². The van der Waals surface area contributed by atoms with Gasteiger partial charge in [-0.1, -0.05) is 12.1 Å². The van der Waals surface area contributed by atoms with Crippen molar-refractivity contribution in [3.05, 3.63) is 46.5 Å².